The van der Waals surface area contributed by atoms with Crippen LogP contribution in [0.5, 0.6) is 5.75 Å². The summed E-state index contributed by atoms with van der Waals surface area (Å²) >= 11 is 0. The van der Waals surface area contributed by atoms with Crippen LogP contribution < -0.4 is 15.4 Å². The van der Waals surface area contributed by atoms with Crippen LogP contribution in [-0.2, 0) is 9.59 Å². The molecule has 2 amide bonds. The number of ether oxygens (including phenoxy) is 1. The maximum Gasteiger partial charge on any atom is 0.313 e. The molecule has 0 aliphatic carbocycles. The number of anilines is 1. The second kappa shape index (κ2) is 8.42. The zero-order valence-corrected chi connectivity index (χ0v) is 14.7. The summed E-state index contributed by atoms with van der Waals surface area (Å²) in [5.41, 5.74) is 1.42. The highest BCUT2D eigenvalue weighted by atomic mass is 19.1. The summed E-state index contributed by atoms with van der Waals surface area (Å²) in [5, 5.41) is 4.67. The van der Waals surface area contributed by atoms with Crippen LogP contribution in [0, 0.1) is 18.6 Å². The number of halogens is 2. The van der Waals surface area contributed by atoms with Crippen LogP contribution in [0.4, 0.5) is 14.5 Å². The molecule has 0 bridgehead atoms. The van der Waals surface area contributed by atoms with Gasteiger partial charge in [0.15, 0.2) is 0 Å². The van der Waals surface area contributed by atoms with Gasteiger partial charge in [-0.05, 0) is 39.0 Å². The second-order valence-corrected chi connectivity index (χ2v) is 5.75. The average Bonchev–Trinajstić information content (AvgIpc) is 2.58. The average molecular weight is 362 g/mol. The summed E-state index contributed by atoms with van der Waals surface area (Å²) in [7, 11) is 0. The molecular weight excluding hydrogens is 342 g/mol. The van der Waals surface area contributed by atoms with Crippen molar-refractivity contribution in [2.45, 2.75) is 26.8 Å². The number of benzene rings is 2. The molecule has 0 fully saturated rings. The van der Waals surface area contributed by atoms with Gasteiger partial charge in [-0.25, -0.2) is 8.78 Å². The minimum atomic E-state index is -1.05. The molecule has 0 radical (unpaired) electrons. The zero-order valence-electron chi connectivity index (χ0n) is 14.7. The minimum Gasteiger partial charge on any atom is -0.494 e. The van der Waals surface area contributed by atoms with Gasteiger partial charge >= 0.3 is 11.8 Å². The first-order chi connectivity index (χ1) is 12.3. The van der Waals surface area contributed by atoms with E-state index in [2.05, 4.69) is 10.6 Å². The molecule has 2 aromatic rings. The van der Waals surface area contributed by atoms with Crippen LogP contribution in [0.15, 0.2) is 36.4 Å². The third kappa shape index (κ3) is 4.78. The first-order valence-electron chi connectivity index (χ1n) is 8.12. The molecular formula is C19H20F2N2O3. The van der Waals surface area contributed by atoms with Gasteiger partial charge < -0.3 is 15.4 Å². The van der Waals surface area contributed by atoms with Crippen molar-refractivity contribution in [3.8, 4) is 5.75 Å². The Kier molecular flexibility index (Phi) is 6.27. The molecule has 2 rings (SSSR count). The second-order valence-electron chi connectivity index (χ2n) is 5.75. The van der Waals surface area contributed by atoms with Gasteiger partial charge in [0.05, 0.1) is 18.3 Å². The summed E-state index contributed by atoms with van der Waals surface area (Å²) in [6, 6.07) is 7.68. The lowest BCUT2D eigenvalue weighted by atomic mass is 10.0. The predicted molar refractivity (Wildman–Crippen MR) is 93.9 cm³/mol. The van der Waals surface area contributed by atoms with Crippen molar-refractivity contribution < 1.29 is 23.1 Å². The molecule has 2 N–H and O–H groups in total. The van der Waals surface area contributed by atoms with Gasteiger partial charge in [-0.2, -0.15) is 0 Å². The fraction of sp³-hybridized carbons (Fsp3) is 0.263. The van der Waals surface area contributed by atoms with Crippen LogP contribution in [-0.4, -0.2) is 18.4 Å². The number of rotatable bonds is 5. The number of carbonyl (C=O) groups excluding carboxylic acids is 2. The van der Waals surface area contributed by atoms with Gasteiger partial charge in [-0.3, -0.25) is 9.59 Å². The Morgan fingerprint density at radius 3 is 2.50 bits per heavy atom. The minimum absolute atomic E-state index is 0.273. The number of carbonyl (C=O) groups is 2. The van der Waals surface area contributed by atoms with Crippen LogP contribution in [0.1, 0.15) is 31.0 Å². The monoisotopic (exact) mass is 362 g/mol. The molecule has 0 aliphatic heterocycles. The van der Waals surface area contributed by atoms with Crippen molar-refractivity contribution in [2.75, 3.05) is 11.9 Å². The van der Waals surface area contributed by atoms with Crippen molar-refractivity contribution in [3.63, 3.8) is 0 Å². The zero-order chi connectivity index (χ0) is 19.3. The van der Waals surface area contributed by atoms with E-state index in [1.807, 2.05) is 26.0 Å². The molecule has 0 heterocycles. The maximum absolute atomic E-state index is 13.6. The number of amides is 2. The topological polar surface area (TPSA) is 67.4 Å². The van der Waals surface area contributed by atoms with E-state index < -0.39 is 29.5 Å². The summed E-state index contributed by atoms with van der Waals surface area (Å²) in [5.74, 6) is -3.12. The van der Waals surface area contributed by atoms with E-state index >= 15 is 0 Å². The first kappa shape index (κ1) is 19.4. The fourth-order valence-corrected chi connectivity index (χ4v) is 2.40. The van der Waals surface area contributed by atoms with Crippen LogP contribution in [0.2, 0.25) is 0 Å². The molecule has 1 atom stereocenters. The van der Waals surface area contributed by atoms with Crippen molar-refractivity contribution >= 4 is 17.5 Å². The van der Waals surface area contributed by atoms with Crippen molar-refractivity contribution in [1.82, 2.24) is 5.32 Å². The van der Waals surface area contributed by atoms with Crippen LogP contribution in [0.3, 0.4) is 0 Å². The number of hydrogen-bond donors (Lipinski definition) is 2. The largest absolute Gasteiger partial charge is 0.494 e. The lowest BCUT2D eigenvalue weighted by molar-refractivity contribution is -0.136. The Balaban J connectivity index is 2.09. The Labute approximate surface area is 150 Å². The Bertz CT molecular complexity index is 824. The van der Waals surface area contributed by atoms with Crippen molar-refractivity contribution in [3.05, 3.63) is 59.2 Å². The summed E-state index contributed by atoms with van der Waals surface area (Å²) < 4.78 is 32.0. The quantitative estimate of drug-likeness (QED) is 0.800. The number of hydrogen-bond acceptors (Lipinski definition) is 3. The lowest BCUT2D eigenvalue weighted by Crippen LogP contribution is -2.37. The molecule has 26 heavy (non-hydrogen) atoms. The molecule has 1 unspecified atom stereocenters. The fourth-order valence-electron chi connectivity index (χ4n) is 2.40. The SMILES string of the molecule is CCOc1ccc(C)cc1C(C)NC(=O)C(=O)Nc1ccc(F)cc1F. The van der Waals surface area contributed by atoms with Gasteiger partial charge in [0, 0.05) is 11.6 Å². The van der Waals surface area contributed by atoms with Gasteiger partial charge in [-0.1, -0.05) is 17.7 Å². The lowest BCUT2D eigenvalue weighted by Gasteiger charge is -2.18. The highest BCUT2D eigenvalue weighted by molar-refractivity contribution is 6.39. The Morgan fingerprint density at radius 2 is 1.85 bits per heavy atom. The van der Waals surface area contributed by atoms with E-state index in [-0.39, 0.29) is 5.69 Å². The van der Waals surface area contributed by atoms with Gasteiger partial charge in [-0.15, -0.1) is 0 Å². The number of nitrogens with one attached hydrogen (secondary N) is 2. The van der Waals surface area contributed by atoms with Crippen molar-refractivity contribution in [1.29, 1.82) is 0 Å². The van der Waals surface area contributed by atoms with Crippen LogP contribution >= 0.6 is 0 Å². The van der Waals surface area contributed by atoms with Gasteiger partial charge in [0.1, 0.15) is 17.4 Å². The molecule has 0 aliphatic rings. The summed E-state index contributed by atoms with van der Waals surface area (Å²) in [6.07, 6.45) is 0. The smallest absolute Gasteiger partial charge is 0.313 e. The third-order valence-electron chi connectivity index (χ3n) is 3.66. The Hall–Kier alpha value is -2.96. The highest BCUT2D eigenvalue weighted by Crippen LogP contribution is 2.26. The van der Waals surface area contributed by atoms with E-state index in [4.69, 9.17) is 4.74 Å². The molecule has 5 nitrogen and oxygen atoms in total. The molecule has 2 aromatic carbocycles. The van der Waals surface area contributed by atoms with E-state index in [0.717, 1.165) is 23.3 Å². The van der Waals surface area contributed by atoms with E-state index in [1.54, 1.807) is 13.0 Å². The predicted octanol–water partition coefficient (Wildman–Crippen LogP) is 3.49. The third-order valence-corrected chi connectivity index (χ3v) is 3.66. The van der Waals surface area contributed by atoms with Gasteiger partial charge in [0.25, 0.3) is 0 Å². The normalized spacial score (nSPS) is 11.6. The Morgan fingerprint density at radius 1 is 1.12 bits per heavy atom. The van der Waals surface area contributed by atoms with E-state index in [0.29, 0.717) is 18.4 Å². The maximum atomic E-state index is 13.6. The highest BCUT2D eigenvalue weighted by Gasteiger charge is 2.20. The van der Waals surface area contributed by atoms with Crippen LogP contribution in [0.25, 0.3) is 0 Å². The van der Waals surface area contributed by atoms with E-state index in [1.165, 1.54) is 0 Å². The molecule has 0 saturated heterocycles. The molecule has 138 valence electrons. The molecule has 0 spiro atoms. The molecule has 0 aromatic heterocycles. The first-order valence-corrected chi connectivity index (χ1v) is 8.12. The van der Waals surface area contributed by atoms with E-state index in [9.17, 15) is 18.4 Å². The molecule has 0 saturated carbocycles. The van der Waals surface area contributed by atoms with Crippen molar-refractivity contribution in [2.24, 2.45) is 0 Å². The van der Waals surface area contributed by atoms with Gasteiger partial charge in [0.2, 0.25) is 0 Å². The summed E-state index contributed by atoms with van der Waals surface area (Å²) in [4.78, 5) is 24.1. The summed E-state index contributed by atoms with van der Waals surface area (Å²) in [6.45, 7) is 5.91. The molecule has 7 heteroatoms. The number of aryl methyl sites for hydroxylation is 1. The standard InChI is InChI=1S/C19H20F2N2O3/c1-4-26-17-8-5-11(2)9-14(17)12(3)22-18(24)19(25)23-16-7-6-13(20)10-15(16)21/h5-10,12H,4H2,1-3H3,(H,22,24)(H,23,25).